The summed E-state index contributed by atoms with van der Waals surface area (Å²) in [7, 11) is 0. The van der Waals surface area contributed by atoms with Crippen molar-refractivity contribution in [2.45, 2.75) is 19.3 Å². The minimum Gasteiger partial charge on any atom is -0.339 e. The molecule has 0 spiro atoms. The van der Waals surface area contributed by atoms with E-state index in [1.807, 2.05) is 29.2 Å². The summed E-state index contributed by atoms with van der Waals surface area (Å²) in [5.41, 5.74) is 1.98. The molecule has 124 valence electrons. The van der Waals surface area contributed by atoms with Crippen LogP contribution in [0.1, 0.15) is 28.8 Å². The second kappa shape index (κ2) is 7.49. The van der Waals surface area contributed by atoms with Gasteiger partial charge >= 0.3 is 0 Å². The highest BCUT2D eigenvalue weighted by Gasteiger charge is 2.22. The number of likely N-dealkylation sites (tertiary alicyclic amines) is 1. The lowest BCUT2D eigenvalue weighted by atomic mass is 10.1. The van der Waals surface area contributed by atoms with Crippen molar-refractivity contribution in [3.05, 3.63) is 64.7 Å². The van der Waals surface area contributed by atoms with Gasteiger partial charge < -0.3 is 10.2 Å². The average Bonchev–Trinajstić information content (AvgIpc) is 3.11. The Balaban J connectivity index is 1.71. The number of benzene rings is 2. The molecule has 24 heavy (non-hydrogen) atoms. The van der Waals surface area contributed by atoms with Gasteiger partial charge in [0.2, 0.25) is 5.91 Å². The van der Waals surface area contributed by atoms with E-state index in [9.17, 15) is 9.59 Å². The highest BCUT2D eigenvalue weighted by atomic mass is 35.5. The van der Waals surface area contributed by atoms with Crippen molar-refractivity contribution in [1.82, 2.24) is 4.90 Å². The Morgan fingerprint density at radius 1 is 1.00 bits per heavy atom. The zero-order valence-electron chi connectivity index (χ0n) is 13.3. The summed E-state index contributed by atoms with van der Waals surface area (Å²) < 4.78 is 0. The summed E-state index contributed by atoms with van der Waals surface area (Å²) in [6.45, 7) is 1.57. The molecule has 1 N–H and O–H groups in total. The Hall–Kier alpha value is -2.33. The first-order valence-electron chi connectivity index (χ1n) is 8.06. The number of anilines is 1. The predicted molar refractivity (Wildman–Crippen MR) is 95.4 cm³/mol. The molecule has 1 heterocycles. The molecule has 0 radical (unpaired) electrons. The van der Waals surface area contributed by atoms with Crippen LogP contribution in [0.25, 0.3) is 0 Å². The molecule has 0 aromatic heterocycles. The third-order valence-electron chi connectivity index (χ3n) is 4.10. The van der Waals surface area contributed by atoms with E-state index in [0.717, 1.165) is 31.5 Å². The van der Waals surface area contributed by atoms with E-state index in [0.29, 0.717) is 16.3 Å². The van der Waals surface area contributed by atoms with Crippen LogP contribution in [-0.4, -0.2) is 29.8 Å². The zero-order valence-corrected chi connectivity index (χ0v) is 14.1. The molecule has 0 atom stereocenters. The maximum Gasteiger partial charge on any atom is 0.255 e. The van der Waals surface area contributed by atoms with Crippen molar-refractivity contribution < 1.29 is 9.59 Å². The van der Waals surface area contributed by atoms with Crippen molar-refractivity contribution in [1.29, 1.82) is 0 Å². The van der Waals surface area contributed by atoms with Gasteiger partial charge in [-0.3, -0.25) is 9.59 Å². The van der Waals surface area contributed by atoms with Crippen LogP contribution in [0.5, 0.6) is 0 Å². The summed E-state index contributed by atoms with van der Waals surface area (Å²) >= 11 is 5.85. The maximum atomic E-state index is 12.6. The number of hydrogen-bond donors (Lipinski definition) is 1. The van der Waals surface area contributed by atoms with Gasteiger partial charge in [-0.2, -0.15) is 0 Å². The fourth-order valence-corrected chi connectivity index (χ4v) is 2.98. The number of hydrogen-bond acceptors (Lipinski definition) is 2. The molecule has 1 saturated heterocycles. The number of carbonyl (C=O) groups is 2. The molecular formula is C19H19ClN2O2. The first-order chi connectivity index (χ1) is 11.6. The lowest BCUT2D eigenvalue weighted by molar-refractivity contribution is -0.115. The van der Waals surface area contributed by atoms with Gasteiger partial charge in [-0.25, -0.2) is 0 Å². The van der Waals surface area contributed by atoms with E-state index in [4.69, 9.17) is 11.6 Å². The van der Waals surface area contributed by atoms with Gasteiger partial charge in [-0.15, -0.1) is 0 Å². The highest BCUT2D eigenvalue weighted by Crippen LogP contribution is 2.20. The van der Waals surface area contributed by atoms with Crippen LogP contribution in [0, 0.1) is 0 Å². The molecule has 3 rings (SSSR count). The van der Waals surface area contributed by atoms with E-state index in [-0.39, 0.29) is 18.2 Å². The summed E-state index contributed by atoms with van der Waals surface area (Å²) in [4.78, 5) is 26.7. The van der Waals surface area contributed by atoms with Crippen LogP contribution in [-0.2, 0) is 11.2 Å². The number of nitrogens with one attached hydrogen (secondary N) is 1. The molecule has 1 aliphatic heterocycles. The SMILES string of the molecule is O=C(Cc1ccc(Cl)cc1)Nc1ccccc1C(=O)N1CCCC1. The first kappa shape index (κ1) is 16.5. The predicted octanol–water partition coefficient (Wildman–Crippen LogP) is 3.76. The van der Waals surface area contributed by atoms with E-state index in [2.05, 4.69) is 5.32 Å². The standard InChI is InChI=1S/C19H19ClN2O2/c20-15-9-7-14(8-10-15)13-18(23)21-17-6-2-1-5-16(17)19(24)22-11-3-4-12-22/h1-2,5-10H,3-4,11-13H2,(H,21,23). The number of carbonyl (C=O) groups excluding carboxylic acids is 2. The molecule has 0 aliphatic carbocycles. The van der Waals surface area contributed by atoms with Gasteiger partial charge in [0, 0.05) is 18.1 Å². The van der Waals surface area contributed by atoms with Crippen molar-refractivity contribution in [2.24, 2.45) is 0 Å². The Morgan fingerprint density at radius 3 is 2.38 bits per heavy atom. The Morgan fingerprint density at radius 2 is 1.67 bits per heavy atom. The van der Waals surface area contributed by atoms with Gasteiger partial charge in [-0.05, 0) is 42.7 Å². The molecule has 2 aromatic carbocycles. The quantitative estimate of drug-likeness (QED) is 0.919. The molecule has 1 aliphatic rings. The van der Waals surface area contributed by atoms with E-state index in [1.54, 1.807) is 24.3 Å². The summed E-state index contributed by atoms with van der Waals surface area (Å²) in [5, 5.41) is 3.50. The second-order valence-corrected chi connectivity index (χ2v) is 6.33. The molecular weight excluding hydrogens is 324 g/mol. The monoisotopic (exact) mass is 342 g/mol. The highest BCUT2D eigenvalue weighted by molar-refractivity contribution is 6.30. The van der Waals surface area contributed by atoms with E-state index in [1.165, 1.54) is 0 Å². The molecule has 0 bridgehead atoms. The average molecular weight is 343 g/mol. The van der Waals surface area contributed by atoms with Crippen LogP contribution < -0.4 is 5.32 Å². The summed E-state index contributed by atoms with van der Waals surface area (Å²) in [6, 6.07) is 14.3. The van der Waals surface area contributed by atoms with Gasteiger partial charge in [-0.1, -0.05) is 35.9 Å². The molecule has 1 fully saturated rings. The molecule has 2 amide bonds. The van der Waals surface area contributed by atoms with Gasteiger partial charge in [0.15, 0.2) is 0 Å². The van der Waals surface area contributed by atoms with Crippen LogP contribution in [0.4, 0.5) is 5.69 Å². The minimum atomic E-state index is -0.154. The lowest BCUT2D eigenvalue weighted by Crippen LogP contribution is -2.29. The number of para-hydroxylation sites is 1. The van der Waals surface area contributed by atoms with E-state index >= 15 is 0 Å². The molecule has 4 nitrogen and oxygen atoms in total. The lowest BCUT2D eigenvalue weighted by Gasteiger charge is -2.18. The summed E-state index contributed by atoms with van der Waals surface area (Å²) in [5.74, 6) is -0.172. The fourth-order valence-electron chi connectivity index (χ4n) is 2.85. The van der Waals surface area contributed by atoms with Crippen molar-refractivity contribution in [3.63, 3.8) is 0 Å². The van der Waals surface area contributed by atoms with Crippen LogP contribution in [0.2, 0.25) is 5.02 Å². The van der Waals surface area contributed by atoms with Crippen molar-refractivity contribution >= 4 is 29.1 Å². The van der Waals surface area contributed by atoms with Gasteiger partial charge in [0.25, 0.3) is 5.91 Å². The number of nitrogens with zero attached hydrogens (tertiary/aromatic N) is 1. The first-order valence-corrected chi connectivity index (χ1v) is 8.44. The van der Waals surface area contributed by atoms with Gasteiger partial charge in [0.1, 0.15) is 0 Å². The number of amides is 2. The van der Waals surface area contributed by atoms with Crippen molar-refractivity contribution in [2.75, 3.05) is 18.4 Å². The Labute approximate surface area is 146 Å². The van der Waals surface area contributed by atoms with Gasteiger partial charge in [0.05, 0.1) is 17.7 Å². The van der Waals surface area contributed by atoms with Crippen LogP contribution in [0.3, 0.4) is 0 Å². The molecule has 2 aromatic rings. The van der Waals surface area contributed by atoms with Crippen LogP contribution in [0.15, 0.2) is 48.5 Å². The maximum absolute atomic E-state index is 12.6. The Bertz CT molecular complexity index is 737. The van der Waals surface area contributed by atoms with E-state index < -0.39 is 0 Å². The Kier molecular flexibility index (Phi) is 5.16. The number of halogens is 1. The minimum absolute atomic E-state index is 0.0186. The van der Waals surface area contributed by atoms with Crippen molar-refractivity contribution in [3.8, 4) is 0 Å². The summed E-state index contributed by atoms with van der Waals surface area (Å²) in [6.07, 6.45) is 2.32. The largest absolute Gasteiger partial charge is 0.339 e. The molecule has 5 heteroatoms. The fraction of sp³-hybridized carbons (Fsp3) is 0.263. The third kappa shape index (κ3) is 3.95. The topological polar surface area (TPSA) is 49.4 Å². The molecule has 0 unspecified atom stereocenters. The molecule has 0 saturated carbocycles. The zero-order chi connectivity index (χ0) is 16.9. The van der Waals surface area contributed by atoms with Crippen LogP contribution >= 0.6 is 11.6 Å². The smallest absolute Gasteiger partial charge is 0.255 e. The second-order valence-electron chi connectivity index (χ2n) is 5.90. The normalized spacial score (nSPS) is 13.8. The number of rotatable bonds is 4. The third-order valence-corrected chi connectivity index (χ3v) is 4.35.